The van der Waals surface area contributed by atoms with E-state index in [-0.39, 0.29) is 0 Å². The van der Waals surface area contributed by atoms with Crippen molar-refractivity contribution in [3.63, 3.8) is 0 Å². The summed E-state index contributed by atoms with van der Waals surface area (Å²) < 4.78 is 5.57. The average molecular weight is 185 g/mol. The van der Waals surface area contributed by atoms with Gasteiger partial charge < -0.3 is 4.74 Å². The van der Waals surface area contributed by atoms with Gasteiger partial charge in [-0.05, 0) is 29.5 Å². The summed E-state index contributed by atoms with van der Waals surface area (Å²) in [6, 6.07) is 0. The predicted octanol–water partition coefficient (Wildman–Crippen LogP) is 2.10. The third kappa shape index (κ3) is 0.849. The molecule has 3 rings (SSSR count). The summed E-state index contributed by atoms with van der Waals surface area (Å²) in [5.74, 6) is 0. The molecule has 0 amide bonds. The summed E-state index contributed by atoms with van der Waals surface area (Å²) >= 11 is 0. The van der Waals surface area contributed by atoms with Gasteiger partial charge in [0.2, 0.25) is 0 Å². The first kappa shape index (κ1) is 7.44. The number of nitrogens with zero attached hydrogens (tertiary/aromatic N) is 3. The van der Waals surface area contributed by atoms with Crippen LogP contribution in [0.4, 0.5) is 0 Å². The van der Waals surface area contributed by atoms with Crippen LogP contribution < -0.4 is 0 Å². The van der Waals surface area contributed by atoms with Crippen molar-refractivity contribution in [3.8, 4) is 0 Å². The Kier molecular flexibility index (Phi) is 1.33. The van der Waals surface area contributed by atoms with Gasteiger partial charge in [-0.3, -0.25) is 0 Å². The van der Waals surface area contributed by atoms with E-state index in [4.69, 9.17) is 4.74 Å². The van der Waals surface area contributed by atoms with Crippen LogP contribution in [-0.2, 0) is 4.74 Å². The van der Waals surface area contributed by atoms with Crippen LogP contribution >= 0.6 is 0 Å². The third-order valence-electron chi connectivity index (χ3n) is 2.30. The molecule has 0 radical (unpaired) electrons. The van der Waals surface area contributed by atoms with Crippen LogP contribution in [0.5, 0.6) is 0 Å². The molecule has 0 aromatic rings. The van der Waals surface area contributed by atoms with Crippen LogP contribution in [0.3, 0.4) is 0 Å². The first-order chi connectivity index (χ1) is 6.91. The fourth-order valence-electron chi connectivity index (χ4n) is 1.63. The summed E-state index contributed by atoms with van der Waals surface area (Å²) in [5.41, 5.74) is 0.926. The maximum absolute atomic E-state index is 5.57. The Balaban J connectivity index is 2.11. The molecule has 2 heterocycles. The smallest absolute Gasteiger partial charge is 0.191 e. The largest absolute Gasteiger partial charge is 0.480 e. The molecule has 0 aromatic carbocycles. The van der Waals surface area contributed by atoms with Crippen molar-refractivity contribution >= 4 is 5.71 Å². The topological polar surface area (TPSA) is 46.3 Å². The molecule has 4 heteroatoms. The fourth-order valence-corrected chi connectivity index (χ4v) is 1.63. The number of hydrogen-bond donors (Lipinski definition) is 0. The zero-order valence-corrected chi connectivity index (χ0v) is 7.29. The first-order valence-electron chi connectivity index (χ1n) is 4.32. The Morgan fingerprint density at radius 3 is 2.93 bits per heavy atom. The van der Waals surface area contributed by atoms with E-state index in [1.807, 2.05) is 36.5 Å². The van der Waals surface area contributed by atoms with E-state index >= 15 is 0 Å². The van der Waals surface area contributed by atoms with Crippen molar-refractivity contribution in [2.45, 2.75) is 5.60 Å². The van der Waals surface area contributed by atoms with Crippen molar-refractivity contribution in [2.24, 2.45) is 15.4 Å². The highest BCUT2D eigenvalue weighted by Gasteiger charge is 2.39. The van der Waals surface area contributed by atoms with Gasteiger partial charge in [0.05, 0.1) is 6.26 Å². The molecule has 68 valence electrons. The van der Waals surface area contributed by atoms with Gasteiger partial charge in [0.15, 0.2) is 5.60 Å². The van der Waals surface area contributed by atoms with Crippen molar-refractivity contribution in [1.82, 2.24) is 0 Å². The molecule has 2 aliphatic heterocycles. The van der Waals surface area contributed by atoms with Gasteiger partial charge in [0, 0.05) is 0 Å². The maximum atomic E-state index is 5.57. The highest BCUT2D eigenvalue weighted by atomic mass is 16.5. The summed E-state index contributed by atoms with van der Waals surface area (Å²) in [7, 11) is 0. The minimum atomic E-state index is -0.595. The van der Waals surface area contributed by atoms with Crippen LogP contribution in [0.2, 0.25) is 0 Å². The minimum absolute atomic E-state index is 0.595. The Labute approximate surface area is 80.7 Å². The molecule has 4 nitrogen and oxygen atoms in total. The molecule has 14 heavy (non-hydrogen) atoms. The summed E-state index contributed by atoms with van der Waals surface area (Å²) in [5, 5.41) is 11.5. The van der Waals surface area contributed by atoms with E-state index in [0.29, 0.717) is 0 Å². The molecule has 1 unspecified atom stereocenters. The molecule has 0 N–H and O–H groups in total. The van der Waals surface area contributed by atoms with Crippen LogP contribution in [0.1, 0.15) is 0 Å². The lowest BCUT2D eigenvalue weighted by atomic mass is 9.89. The quantitative estimate of drug-likeness (QED) is 0.570. The van der Waals surface area contributed by atoms with Crippen molar-refractivity contribution in [1.29, 1.82) is 0 Å². The standard InChI is InChI=1S/C10H7N3O/c1-2-7-14-10(5-1)6-3-4-8-9(10)12-13-11-8/h1-7H. The molecule has 0 saturated heterocycles. The molecule has 3 aliphatic rings. The number of ether oxygens (including phenoxy) is 1. The Morgan fingerprint density at radius 2 is 2.07 bits per heavy atom. The van der Waals surface area contributed by atoms with Gasteiger partial charge in [-0.2, -0.15) is 0 Å². The van der Waals surface area contributed by atoms with Crippen LogP contribution in [0, 0.1) is 0 Å². The Hall–Kier alpha value is -1.97. The second kappa shape index (κ2) is 2.51. The predicted molar refractivity (Wildman–Crippen MR) is 51.6 cm³/mol. The van der Waals surface area contributed by atoms with E-state index in [1.165, 1.54) is 0 Å². The molecule has 1 aliphatic carbocycles. The van der Waals surface area contributed by atoms with E-state index < -0.39 is 5.60 Å². The molecule has 1 atom stereocenters. The lowest BCUT2D eigenvalue weighted by Gasteiger charge is -2.29. The Morgan fingerprint density at radius 1 is 1.14 bits per heavy atom. The highest BCUT2D eigenvalue weighted by molar-refractivity contribution is 6.10. The molecular formula is C10H7N3O. The third-order valence-corrected chi connectivity index (χ3v) is 2.30. The molecule has 0 saturated carbocycles. The number of fused-ring (bicyclic) bond motifs is 2. The molecular weight excluding hydrogens is 178 g/mol. The van der Waals surface area contributed by atoms with Crippen LogP contribution in [0.25, 0.3) is 0 Å². The molecule has 1 spiro atoms. The zero-order chi connectivity index (χ0) is 9.43. The van der Waals surface area contributed by atoms with E-state index in [2.05, 4.69) is 15.4 Å². The van der Waals surface area contributed by atoms with E-state index in [0.717, 1.165) is 11.4 Å². The van der Waals surface area contributed by atoms with Gasteiger partial charge in [-0.25, -0.2) is 0 Å². The molecule has 0 bridgehead atoms. The van der Waals surface area contributed by atoms with Gasteiger partial charge in [0.25, 0.3) is 0 Å². The van der Waals surface area contributed by atoms with Crippen molar-refractivity contribution in [2.75, 3.05) is 0 Å². The molecule has 0 aromatic heterocycles. The summed E-state index contributed by atoms with van der Waals surface area (Å²) in [6.45, 7) is 0. The number of allylic oxidation sites excluding steroid dienone is 4. The average Bonchev–Trinajstić information content (AvgIpc) is 2.69. The van der Waals surface area contributed by atoms with Gasteiger partial charge in [-0.1, -0.05) is 12.2 Å². The van der Waals surface area contributed by atoms with Crippen molar-refractivity contribution < 1.29 is 4.74 Å². The van der Waals surface area contributed by atoms with Gasteiger partial charge in [0.1, 0.15) is 11.4 Å². The fraction of sp³-hybridized carbons (Fsp3) is 0.100. The zero-order valence-electron chi connectivity index (χ0n) is 7.29. The van der Waals surface area contributed by atoms with Gasteiger partial charge in [-0.15, -0.1) is 10.2 Å². The number of rotatable bonds is 0. The van der Waals surface area contributed by atoms with Crippen LogP contribution in [-0.4, -0.2) is 11.3 Å². The minimum Gasteiger partial charge on any atom is -0.480 e. The highest BCUT2D eigenvalue weighted by Crippen LogP contribution is 2.31. The lowest BCUT2D eigenvalue weighted by Crippen LogP contribution is -2.38. The maximum Gasteiger partial charge on any atom is 0.191 e. The lowest BCUT2D eigenvalue weighted by molar-refractivity contribution is 0.173. The number of hydrogen-bond acceptors (Lipinski definition) is 4. The monoisotopic (exact) mass is 185 g/mol. The second-order valence-electron chi connectivity index (χ2n) is 3.15. The van der Waals surface area contributed by atoms with E-state index in [1.54, 1.807) is 6.26 Å². The SMILES string of the molecule is C1=COC2(C=C1)C=CC=C1N=NN=C12. The van der Waals surface area contributed by atoms with Crippen molar-refractivity contribution in [3.05, 3.63) is 48.4 Å². The van der Waals surface area contributed by atoms with E-state index in [9.17, 15) is 0 Å². The summed E-state index contributed by atoms with van der Waals surface area (Å²) in [4.78, 5) is 0. The normalized spacial score (nSPS) is 31.4. The van der Waals surface area contributed by atoms with Gasteiger partial charge >= 0.3 is 0 Å². The molecule has 0 fully saturated rings. The summed E-state index contributed by atoms with van der Waals surface area (Å²) in [6.07, 6.45) is 13.1. The van der Waals surface area contributed by atoms with Crippen LogP contribution in [0.15, 0.2) is 63.9 Å². The second-order valence-corrected chi connectivity index (χ2v) is 3.15. The first-order valence-corrected chi connectivity index (χ1v) is 4.32. The Bertz CT molecular complexity index is 454.